The van der Waals surface area contributed by atoms with E-state index in [1.807, 2.05) is 7.05 Å². The molecular weight excluding hydrogens is 268 g/mol. The quantitative estimate of drug-likeness (QED) is 0.749. The summed E-state index contributed by atoms with van der Waals surface area (Å²) in [5, 5.41) is 3.19. The normalized spacial score (nSPS) is 14.3. The monoisotopic (exact) mass is 294 g/mol. The van der Waals surface area contributed by atoms with Gasteiger partial charge in [-0.15, -0.1) is 0 Å². The highest BCUT2D eigenvalue weighted by Gasteiger charge is 2.29. The largest absolute Gasteiger partial charge is 0.383 e. The molecule has 1 aliphatic carbocycles. The molecule has 0 spiro atoms. The molecule has 0 unspecified atom stereocenters. The Balaban J connectivity index is 2.29. The maximum absolute atomic E-state index is 5.22. The van der Waals surface area contributed by atoms with Gasteiger partial charge in [0.05, 0.1) is 13.2 Å². The Labute approximate surface area is 126 Å². The Hall–Kier alpha value is -1.40. The molecule has 0 bridgehead atoms. The molecule has 0 atom stereocenters. The molecule has 1 heterocycles. The first-order valence-electron chi connectivity index (χ1n) is 7.50. The lowest BCUT2D eigenvalue weighted by molar-refractivity contribution is 0.190. The maximum Gasteiger partial charge on any atom is 0.137 e. The van der Waals surface area contributed by atoms with Gasteiger partial charge in [-0.25, -0.2) is 9.97 Å². The highest BCUT2D eigenvalue weighted by Crippen LogP contribution is 2.40. The number of ether oxygens (including phenoxy) is 2. The van der Waals surface area contributed by atoms with Crippen LogP contribution in [0.1, 0.15) is 30.1 Å². The topological polar surface area (TPSA) is 59.5 Å². The van der Waals surface area contributed by atoms with Crippen molar-refractivity contribution in [1.82, 2.24) is 9.97 Å². The minimum absolute atomic E-state index is 0.531. The van der Waals surface area contributed by atoms with Crippen molar-refractivity contribution in [2.75, 3.05) is 57.8 Å². The first kappa shape index (κ1) is 16.0. The molecular formula is C15H26N4O2. The zero-order valence-electron chi connectivity index (χ0n) is 13.5. The molecule has 0 aliphatic heterocycles. The Bertz CT molecular complexity index is 455. The molecule has 1 saturated carbocycles. The maximum atomic E-state index is 5.22. The molecule has 1 N–H and O–H groups in total. The van der Waals surface area contributed by atoms with Crippen molar-refractivity contribution in [3.63, 3.8) is 0 Å². The van der Waals surface area contributed by atoms with Crippen molar-refractivity contribution in [1.29, 1.82) is 0 Å². The van der Waals surface area contributed by atoms with Crippen LogP contribution in [0.5, 0.6) is 0 Å². The van der Waals surface area contributed by atoms with E-state index < -0.39 is 0 Å². The fraction of sp³-hybridized carbons (Fsp3) is 0.733. The van der Waals surface area contributed by atoms with E-state index in [2.05, 4.69) is 22.1 Å². The molecule has 0 aromatic carbocycles. The molecule has 0 radical (unpaired) electrons. The standard InChI is InChI=1S/C15H26N4O2/c1-11-13(16-2)17-14(12-5-6-12)18-15(11)19(7-9-20-3)8-10-21-4/h12H,5-10H2,1-4H3,(H,16,17,18). The smallest absolute Gasteiger partial charge is 0.137 e. The molecule has 118 valence electrons. The summed E-state index contributed by atoms with van der Waals surface area (Å²) in [7, 11) is 5.34. The van der Waals surface area contributed by atoms with Gasteiger partial charge in [-0.05, 0) is 19.8 Å². The van der Waals surface area contributed by atoms with Crippen LogP contribution in [-0.4, -0.2) is 57.5 Å². The van der Waals surface area contributed by atoms with Crippen LogP contribution >= 0.6 is 0 Å². The van der Waals surface area contributed by atoms with E-state index in [1.165, 1.54) is 12.8 Å². The predicted molar refractivity (Wildman–Crippen MR) is 84.3 cm³/mol. The van der Waals surface area contributed by atoms with E-state index in [0.717, 1.165) is 36.1 Å². The van der Waals surface area contributed by atoms with Crippen molar-refractivity contribution >= 4 is 11.6 Å². The van der Waals surface area contributed by atoms with Gasteiger partial charge in [0.1, 0.15) is 17.5 Å². The summed E-state index contributed by atoms with van der Waals surface area (Å²) >= 11 is 0. The zero-order chi connectivity index (χ0) is 15.2. The molecule has 21 heavy (non-hydrogen) atoms. The lowest BCUT2D eigenvalue weighted by atomic mass is 10.2. The summed E-state index contributed by atoms with van der Waals surface area (Å²) in [5.41, 5.74) is 1.08. The molecule has 6 heteroatoms. The number of nitrogens with zero attached hydrogens (tertiary/aromatic N) is 3. The lowest BCUT2D eigenvalue weighted by Crippen LogP contribution is -2.32. The minimum atomic E-state index is 0.531. The average molecular weight is 294 g/mol. The third kappa shape index (κ3) is 4.04. The number of hydrogen-bond acceptors (Lipinski definition) is 6. The third-order valence-electron chi connectivity index (χ3n) is 3.75. The van der Waals surface area contributed by atoms with Gasteiger partial charge in [0, 0.05) is 45.8 Å². The Morgan fingerprint density at radius 3 is 2.24 bits per heavy atom. The van der Waals surface area contributed by atoms with Crippen LogP contribution in [0.2, 0.25) is 0 Å². The van der Waals surface area contributed by atoms with Crippen LogP contribution in [0.15, 0.2) is 0 Å². The summed E-state index contributed by atoms with van der Waals surface area (Å²) in [4.78, 5) is 11.7. The van der Waals surface area contributed by atoms with E-state index in [-0.39, 0.29) is 0 Å². The van der Waals surface area contributed by atoms with E-state index in [4.69, 9.17) is 14.5 Å². The van der Waals surface area contributed by atoms with Gasteiger partial charge in [-0.2, -0.15) is 0 Å². The van der Waals surface area contributed by atoms with Gasteiger partial charge in [-0.1, -0.05) is 0 Å². The first-order valence-corrected chi connectivity index (χ1v) is 7.50. The van der Waals surface area contributed by atoms with Crippen LogP contribution in [0, 0.1) is 6.92 Å². The van der Waals surface area contributed by atoms with Crippen LogP contribution in [0.3, 0.4) is 0 Å². The molecule has 0 amide bonds. The molecule has 6 nitrogen and oxygen atoms in total. The van der Waals surface area contributed by atoms with E-state index in [1.54, 1.807) is 14.2 Å². The van der Waals surface area contributed by atoms with Gasteiger partial charge in [-0.3, -0.25) is 0 Å². The molecule has 0 saturated heterocycles. The van der Waals surface area contributed by atoms with Gasteiger partial charge in [0.25, 0.3) is 0 Å². The third-order valence-corrected chi connectivity index (χ3v) is 3.75. The lowest BCUT2D eigenvalue weighted by Gasteiger charge is -2.26. The highest BCUT2D eigenvalue weighted by molar-refractivity contribution is 5.58. The Morgan fingerprint density at radius 2 is 1.76 bits per heavy atom. The molecule has 1 aromatic heterocycles. The van der Waals surface area contributed by atoms with Crippen molar-refractivity contribution < 1.29 is 9.47 Å². The van der Waals surface area contributed by atoms with Crippen molar-refractivity contribution in [3.05, 3.63) is 11.4 Å². The van der Waals surface area contributed by atoms with Gasteiger partial charge in [0.2, 0.25) is 0 Å². The van der Waals surface area contributed by atoms with E-state index in [9.17, 15) is 0 Å². The summed E-state index contributed by atoms with van der Waals surface area (Å²) in [6.07, 6.45) is 2.39. The number of rotatable bonds is 9. The zero-order valence-corrected chi connectivity index (χ0v) is 13.5. The summed E-state index contributed by atoms with van der Waals surface area (Å²) in [6, 6.07) is 0. The van der Waals surface area contributed by atoms with Crippen LogP contribution in [-0.2, 0) is 9.47 Å². The summed E-state index contributed by atoms with van der Waals surface area (Å²) in [5.74, 6) is 3.40. The number of methoxy groups -OCH3 is 2. The van der Waals surface area contributed by atoms with Crippen molar-refractivity contribution in [2.24, 2.45) is 0 Å². The minimum Gasteiger partial charge on any atom is -0.383 e. The van der Waals surface area contributed by atoms with Crippen LogP contribution < -0.4 is 10.2 Å². The predicted octanol–water partition coefficient (Wildman–Crippen LogP) is 1.80. The van der Waals surface area contributed by atoms with Gasteiger partial charge < -0.3 is 19.7 Å². The fourth-order valence-corrected chi connectivity index (χ4v) is 2.32. The van der Waals surface area contributed by atoms with Crippen molar-refractivity contribution in [3.8, 4) is 0 Å². The molecule has 1 aliphatic rings. The van der Waals surface area contributed by atoms with E-state index >= 15 is 0 Å². The summed E-state index contributed by atoms with van der Waals surface area (Å²) < 4.78 is 10.4. The number of hydrogen-bond donors (Lipinski definition) is 1. The SMILES string of the molecule is CNc1nc(C2CC2)nc(N(CCOC)CCOC)c1C. The Kier molecular flexibility index (Phi) is 5.76. The number of anilines is 2. The second-order valence-corrected chi connectivity index (χ2v) is 5.38. The molecule has 1 fully saturated rings. The van der Waals surface area contributed by atoms with Gasteiger partial charge in [0.15, 0.2) is 0 Å². The van der Waals surface area contributed by atoms with Crippen molar-refractivity contribution in [2.45, 2.75) is 25.7 Å². The first-order chi connectivity index (χ1) is 10.2. The highest BCUT2D eigenvalue weighted by atomic mass is 16.5. The fourth-order valence-electron chi connectivity index (χ4n) is 2.32. The van der Waals surface area contributed by atoms with E-state index in [0.29, 0.717) is 19.1 Å². The second kappa shape index (κ2) is 7.56. The second-order valence-electron chi connectivity index (χ2n) is 5.38. The van der Waals surface area contributed by atoms with Gasteiger partial charge >= 0.3 is 0 Å². The molecule has 1 aromatic rings. The summed E-state index contributed by atoms with van der Waals surface area (Å²) in [6.45, 7) is 4.99. The number of aromatic nitrogens is 2. The van der Waals surface area contributed by atoms with Crippen LogP contribution in [0.4, 0.5) is 11.6 Å². The Morgan fingerprint density at radius 1 is 1.14 bits per heavy atom. The average Bonchev–Trinajstić information content (AvgIpc) is 3.33. The van der Waals surface area contributed by atoms with Crippen LogP contribution in [0.25, 0.3) is 0 Å². The molecule has 2 rings (SSSR count). The number of nitrogens with one attached hydrogen (secondary N) is 1.